The number of nitriles is 1. The van der Waals surface area contributed by atoms with Crippen LogP contribution in [-0.4, -0.2) is 30.0 Å². The van der Waals surface area contributed by atoms with Gasteiger partial charge in [0.15, 0.2) is 0 Å². The number of aromatic nitrogens is 1. The van der Waals surface area contributed by atoms with Crippen molar-refractivity contribution in [1.29, 1.82) is 5.26 Å². The fourth-order valence-corrected chi connectivity index (χ4v) is 2.19. The molecule has 6 nitrogen and oxygen atoms in total. The molecule has 0 radical (unpaired) electrons. The van der Waals surface area contributed by atoms with Crippen molar-refractivity contribution in [3.63, 3.8) is 0 Å². The molecule has 1 N–H and O–H groups in total. The lowest BCUT2D eigenvalue weighted by molar-refractivity contribution is -0.143. The van der Waals surface area contributed by atoms with Crippen LogP contribution < -0.4 is 5.32 Å². The summed E-state index contributed by atoms with van der Waals surface area (Å²) in [5.74, 6) is -1.44. The lowest BCUT2D eigenvalue weighted by Gasteiger charge is -2.17. The third-order valence-corrected chi connectivity index (χ3v) is 3.43. The van der Waals surface area contributed by atoms with Crippen LogP contribution in [-0.2, 0) is 9.53 Å². The third kappa shape index (κ3) is 4.04. The second-order valence-electron chi connectivity index (χ2n) is 5.20. The topological polar surface area (TPSA) is 92.1 Å². The first-order chi connectivity index (χ1) is 11.0. The number of ether oxygens (including phenoxy) is 1. The molecule has 0 bridgehead atoms. The molecule has 2 atom stereocenters. The number of nitrogens with zero attached hydrogens (tertiary/aromatic N) is 2. The number of benzene rings is 1. The Morgan fingerprint density at radius 1 is 1.30 bits per heavy atom. The van der Waals surface area contributed by atoms with E-state index < -0.39 is 17.9 Å². The van der Waals surface area contributed by atoms with Crippen LogP contribution >= 0.6 is 0 Å². The van der Waals surface area contributed by atoms with Gasteiger partial charge in [0, 0.05) is 11.3 Å². The SMILES string of the molecule is COC(=O)[C@@H](C[C@H](C)C#N)NC(=O)c1ccc2ccccc2n1. The number of fused-ring (bicyclic) bond motifs is 1. The second-order valence-corrected chi connectivity index (χ2v) is 5.20. The maximum atomic E-state index is 12.3. The first-order valence-electron chi connectivity index (χ1n) is 7.19. The predicted molar refractivity (Wildman–Crippen MR) is 84.4 cm³/mol. The lowest BCUT2D eigenvalue weighted by Crippen LogP contribution is -2.42. The predicted octanol–water partition coefficient (Wildman–Crippen LogP) is 2.06. The Bertz CT molecular complexity index is 767. The highest BCUT2D eigenvalue weighted by Crippen LogP contribution is 2.13. The first-order valence-corrected chi connectivity index (χ1v) is 7.19. The molecule has 0 aliphatic heterocycles. The number of methoxy groups -OCH3 is 1. The van der Waals surface area contributed by atoms with E-state index in [1.807, 2.05) is 30.3 Å². The Kier molecular flexibility index (Phi) is 5.26. The molecule has 118 valence electrons. The monoisotopic (exact) mass is 311 g/mol. The van der Waals surface area contributed by atoms with Crippen LogP contribution in [0.3, 0.4) is 0 Å². The average molecular weight is 311 g/mol. The average Bonchev–Trinajstić information content (AvgIpc) is 2.59. The number of nitrogens with one attached hydrogen (secondary N) is 1. The Hall–Kier alpha value is -2.94. The molecule has 0 aliphatic rings. The van der Waals surface area contributed by atoms with E-state index in [-0.39, 0.29) is 18.0 Å². The van der Waals surface area contributed by atoms with E-state index in [0.717, 1.165) is 5.39 Å². The van der Waals surface area contributed by atoms with Crippen molar-refractivity contribution < 1.29 is 14.3 Å². The summed E-state index contributed by atoms with van der Waals surface area (Å²) in [5, 5.41) is 12.4. The molecule has 0 saturated carbocycles. The highest BCUT2D eigenvalue weighted by Gasteiger charge is 2.24. The molecule has 0 spiro atoms. The zero-order valence-electron chi connectivity index (χ0n) is 12.9. The van der Waals surface area contributed by atoms with E-state index in [0.29, 0.717) is 5.52 Å². The van der Waals surface area contributed by atoms with Crippen molar-refractivity contribution >= 4 is 22.8 Å². The van der Waals surface area contributed by atoms with E-state index in [4.69, 9.17) is 5.26 Å². The van der Waals surface area contributed by atoms with Gasteiger partial charge in [0.25, 0.3) is 5.91 Å². The van der Waals surface area contributed by atoms with Crippen molar-refractivity contribution in [3.8, 4) is 6.07 Å². The Morgan fingerprint density at radius 2 is 2.04 bits per heavy atom. The summed E-state index contributed by atoms with van der Waals surface area (Å²) < 4.78 is 4.68. The minimum absolute atomic E-state index is 0.183. The van der Waals surface area contributed by atoms with Crippen molar-refractivity contribution in [2.45, 2.75) is 19.4 Å². The smallest absolute Gasteiger partial charge is 0.328 e. The molecular formula is C17H17N3O3. The number of carbonyl (C=O) groups excluding carboxylic acids is 2. The summed E-state index contributed by atoms with van der Waals surface area (Å²) in [6.45, 7) is 1.68. The minimum Gasteiger partial charge on any atom is -0.467 e. The van der Waals surface area contributed by atoms with Crippen LogP contribution in [0.1, 0.15) is 23.8 Å². The molecule has 1 heterocycles. The van der Waals surface area contributed by atoms with Gasteiger partial charge in [-0.3, -0.25) is 4.79 Å². The van der Waals surface area contributed by atoms with Gasteiger partial charge in [0.1, 0.15) is 11.7 Å². The van der Waals surface area contributed by atoms with Gasteiger partial charge >= 0.3 is 5.97 Å². The van der Waals surface area contributed by atoms with Crippen LogP contribution in [0.25, 0.3) is 10.9 Å². The van der Waals surface area contributed by atoms with E-state index in [9.17, 15) is 9.59 Å². The van der Waals surface area contributed by atoms with Gasteiger partial charge in [-0.25, -0.2) is 9.78 Å². The Morgan fingerprint density at radius 3 is 2.74 bits per heavy atom. The molecular weight excluding hydrogens is 294 g/mol. The molecule has 1 aromatic carbocycles. The number of para-hydroxylation sites is 1. The molecule has 0 saturated heterocycles. The van der Waals surface area contributed by atoms with Crippen LogP contribution in [0, 0.1) is 17.2 Å². The summed E-state index contributed by atoms with van der Waals surface area (Å²) in [6.07, 6.45) is 0.183. The summed E-state index contributed by atoms with van der Waals surface area (Å²) in [4.78, 5) is 28.4. The minimum atomic E-state index is -0.879. The van der Waals surface area contributed by atoms with Crippen molar-refractivity contribution in [2.75, 3.05) is 7.11 Å². The fraction of sp³-hybridized carbons (Fsp3) is 0.294. The van der Waals surface area contributed by atoms with E-state index in [1.165, 1.54) is 7.11 Å². The van der Waals surface area contributed by atoms with Crippen LogP contribution in [0.5, 0.6) is 0 Å². The van der Waals surface area contributed by atoms with Crippen LogP contribution in [0.15, 0.2) is 36.4 Å². The van der Waals surface area contributed by atoms with Crippen molar-refractivity contribution in [1.82, 2.24) is 10.3 Å². The molecule has 0 aliphatic carbocycles. The summed E-state index contributed by atoms with van der Waals surface area (Å²) in [6, 6.07) is 12.0. The van der Waals surface area contributed by atoms with Gasteiger partial charge < -0.3 is 10.1 Å². The highest BCUT2D eigenvalue weighted by atomic mass is 16.5. The van der Waals surface area contributed by atoms with E-state index in [1.54, 1.807) is 19.1 Å². The molecule has 23 heavy (non-hydrogen) atoms. The van der Waals surface area contributed by atoms with Gasteiger partial charge in [0.2, 0.25) is 0 Å². The zero-order chi connectivity index (χ0) is 16.8. The Labute approximate surface area is 134 Å². The molecule has 1 aromatic heterocycles. The van der Waals surface area contributed by atoms with Gasteiger partial charge in [0.05, 0.1) is 18.7 Å². The molecule has 2 aromatic rings. The molecule has 1 amide bonds. The number of carbonyl (C=O) groups is 2. The number of amides is 1. The van der Waals surface area contributed by atoms with Gasteiger partial charge in [-0.05, 0) is 25.5 Å². The summed E-state index contributed by atoms with van der Waals surface area (Å²) in [5.41, 5.74) is 0.905. The molecule has 6 heteroatoms. The standard InChI is InChI=1S/C17H17N3O3/c1-11(10-18)9-15(17(22)23-2)20-16(21)14-8-7-12-5-3-4-6-13(12)19-14/h3-8,11,15H,9H2,1-2H3,(H,20,21)/t11-,15+/m0/s1. The molecule has 0 fully saturated rings. The largest absolute Gasteiger partial charge is 0.467 e. The van der Waals surface area contributed by atoms with Crippen LogP contribution in [0.2, 0.25) is 0 Å². The number of pyridine rings is 1. The number of hydrogen-bond acceptors (Lipinski definition) is 5. The number of hydrogen-bond donors (Lipinski definition) is 1. The van der Waals surface area contributed by atoms with E-state index >= 15 is 0 Å². The van der Waals surface area contributed by atoms with Crippen LogP contribution in [0.4, 0.5) is 0 Å². The number of rotatable bonds is 5. The van der Waals surface area contributed by atoms with E-state index in [2.05, 4.69) is 15.0 Å². The first kappa shape index (κ1) is 16.4. The van der Waals surface area contributed by atoms with Gasteiger partial charge in [-0.2, -0.15) is 5.26 Å². The fourth-order valence-electron chi connectivity index (χ4n) is 2.19. The summed E-state index contributed by atoms with van der Waals surface area (Å²) in [7, 11) is 1.24. The zero-order valence-corrected chi connectivity index (χ0v) is 12.9. The Balaban J connectivity index is 2.19. The highest BCUT2D eigenvalue weighted by molar-refractivity contribution is 5.97. The lowest BCUT2D eigenvalue weighted by atomic mass is 10.0. The molecule has 2 rings (SSSR count). The maximum Gasteiger partial charge on any atom is 0.328 e. The third-order valence-electron chi connectivity index (χ3n) is 3.43. The molecule has 0 unspecified atom stereocenters. The van der Waals surface area contributed by atoms with Crippen molar-refractivity contribution in [2.24, 2.45) is 5.92 Å². The second kappa shape index (κ2) is 7.36. The maximum absolute atomic E-state index is 12.3. The van der Waals surface area contributed by atoms with Gasteiger partial charge in [-0.15, -0.1) is 0 Å². The quantitative estimate of drug-likeness (QED) is 0.853. The van der Waals surface area contributed by atoms with Gasteiger partial charge in [-0.1, -0.05) is 24.3 Å². The van der Waals surface area contributed by atoms with Crippen molar-refractivity contribution in [3.05, 3.63) is 42.1 Å². The summed E-state index contributed by atoms with van der Waals surface area (Å²) >= 11 is 0. The number of esters is 1. The normalized spacial score (nSPS) is 12.9.